The Kier molecular flexibility index (Phi) is 7.36. The normalized spacial score (nSPS) is 17.0. The number of anilines is 3. The molecule has 0 saturated carbocycles. The Morgan fingerprint density at radius 3 is 2.71 bits per heavy atom. The number of hydrogen-bond donors (Lipinski definition) is 2. The van der Waals surface area contributed by atoms with Crippen LogP contribution < -0.4 is 10.6 Å². The fraction of sp³-hybridized carbons (Fsp3) is 0.226. The van der Waals surface area contributed by atoms with Crippen LogP contribution in [0.25, 0.3) is 11.1 Å². The molecule has 10 nitrogen and oxygen atoms in total. The van der Waals surface area contributed by atoms with E-state index in [4.69, 9.17) is 9.97 Å². The lowest BCUT2D eigenvalue weighted by Gasteiger charge is -2.30. The van der Waals surface area contributed by atoms with Crippen LogP contribution in [0.15, 0.2) is 84.6 Å². The molecule has 4 heterocycles. The third kappa shape index (κ3) is 5.91. The third-order valence-corrected chi connectivity index (χ3v) is 7.22. The van der Waals surface area contributed by atoms with Crippen molar-refractivity contribution in [3.05, 3.63) is 85.2 Å². The van der Waals surface area contributed by atoms with Gasteiger partial charge < -0.3 is 15.5 Å². The first-order valence-corrected chi connectivity index (χ1v) is 13.7. The van der Waals surface area contributed by atoms with Gasteiger partial charge in [-0.2, -0.15) is 10.1 Å². The minimum absolute atomic E-state index is 0.0330. The molecule has 2 aromatic heterocycles. The second-order valence-electron chi connectivity index (χ2n) is 10.2. The van der Waals surface area contributed by atoms with Gasteiger partial charge in [0.25, 0.3) is 5.69 Å². The first kappa shape index (κ1) is 26.1. The molecule has 10 heteroatoms. The summed E-state index contributed by atoms with van der Waals surface area (Å²) >= 11 is 0. The Bertz CT molecular complexity index is 1620. The number of nitrogens with zero attached hydrogens (tertiary/aromatic N) is 7. The van der Waals surface area contributed by atoms with E-state index in [1.165, 1.54) is 6.08 Å². The van der Waals surface area contributed by atoms with Crippen LogP contribution in [0, 0.1) is 5.92 Å². The maximum absolute atomic E-state index is 12.2. The Morgan fingerprint density at radius 2 is 1.95 bits per heavy atom. The smallest absolute Gasteiger partial charge is 0.317 e. The number of nitrogens with one attached hydrogen (secondary N) is 2. The van der Waals surface area contributed by atoms with Gasteiger partial charge in [-0.05, 0) is 42.2 Å². The van der Waals surface area contributed by atoms with Crippen LogP contribution in [-0.2, 0) is 18.4 Å². The summed E-state index contributed by atoms with van der Waals surface area (Å²) in [5.41, 5.74) is 4.82. The lowest BCUT2D eigenvalue weighted by Crippen LogP contribution is -2.40. The Balaban J connectivity index is 1.28. The van der Waals surface area contributed by atoms with Crippen LogP contribution in [0.4, 0.5) is 29.0 Å². The minimum Gasteiger partial charge on any atom is -0.363 e. The zero-order valence-corrected chi connectivity index (χ0v) is 22.9. The molecule has 0 radical (unpaired) electrons. The number of fused-ring (bicyclic) bond motifs is 1. The van der Waals surface area contributed by atoms with Gasteiger partial charge in [0.1, 0.15) is 0 Å². The molecule has 2 N–H and O–H groups in total. The number of carbonyl (C=O) groups is 1. The predicted octanol–water partition coefficient (Wildman–Crippen LogP) is 5.05. The molecule has 2 aliphatic heterocycles. The highest BCUT2D eigenvalue weighted by Gasteiger charge is 2.31. The fourth-order valence-electron chi connectivity index (χ4n) is 5.12. The SMILES string of the molecule is C=CC(=O)N1CCCC(C=[N+]2C=Nc3c(NCc4ccccc4)nc(Nc4ccc(-c5cnn(C)c5)cc4)nc32)C1. The molecule has 0 bridgehead atoms. The van der Waals surface area contributed by atoms with Gasteiger partial charge in [0, 0.05) is 50.0 Å². The highest BCUT2D eigenvalue weighted by atomic mass is 16.2. The topological polar surface area (TPSA) is 103 Å². The standard InChI is InChI=1S/C31H32N9O/c1-3-27(41)39-15-7-10-23(18-39)19-40-21-33-28-29(32-16-22-8-5-4-6-9-22)36-31(37-30(28)40)35-26-13-11-24(12-14-26)25-17-34-38(2)20-25/h3-6,8-9,11-14,17,19-21,23H,1,7,10,15-16,18H2,2H3,(H2,32,35,36,37)/q+1. The number of benzene rings is 2. The molecular formula is C31H32N9O+. The molecule has 6 rings (SSSR count). The summed E-state index contributed by atoms with van der Waals surface area (Å²) in [4.78, 5) is 28.4. The lowest BCUT2D eigenvalue weighted by molar-refractivity contribution is -0.292. The summed E-state index contributed by atoms with van der Waals surface area (Å²) in [7, 11) is 1.91. The molecule has 1 fully saturated rings. The van der Waals surface area contributed by atoms with Crippen molar-refractivity contribution >= 4 is 47.4 Å². The number of rotatable bonds is 8. The fourth-order valence-corrected chi connectivity index (χ4v) is 5.12. The number of piperidine rings is 1. The molecule has 0 spiro atoms. The van der Waals surface area contributed by atoms with Gasteiger partial charge in [0.2, 0.25) is 12.2 Å². The number of likely N-dealkylation sites (tertiary alicyclic amines) is 1. The molecule has 1 saturated heterocycles. The van der Waals surface area contributed by atoms with E-state index >= 15 is 0 Å². The van der Waals surface area contributed by atoms with Crippen LogP contribution in [0.2, 0.25) is 0 Å². The second-order valence-corrected chi connectivity index (χ2v) is 10.2. The summed E-state index contributed by atoms with van der Waals surface area (Å²) in [6, 6.07) is 18.3. The first-order valence-electron chi connectivity index (χ1n) is 13.7. The first-order chi connectivity index (χ1) is 20.1. The quantitative estimate of drug-likeness (QED) is 0.237. The van der Waals surface area contributed by atoms with Crippen molar-refractivity contribution in [2.45, 2.75) is 19.4 Å². The monoisotopic (exact) mass is 546 g/mol. The average Bonchev–Trinajstić information content (AvgIpc) is 3.62. The van der Waals surface area contributed by atoms with E-state index in [-0.39, 0.29) is 11.8 Å². The van der Waals surface area contributed by atoms with Crippen LogP contribution in [-0.4, -0.2) is 60.8 Å². The van der Waals surface area contributed by atoms with Crippen LogP contribution in [0.1, 0.15) is 18.4 Å². The van der Waals surface area contributed by atoms with Crippen molar-refractivity contribution in [3.8, 4) is 11.1 Å². The summed E-state index contributed by atoms with van der Waals surface area (Å²) in [5, 5.41) is 11.1. The molecule has 0 aliphatic carbocycles. The van der Waals surface area contributed by atoms with Crippen molar-refractivity contribution in [1.82, 2.24) is 24.6 Å². The van der Waals surface area contributed by atoms with E-state index in [1.54, 1.807) is 11.0 Å². The zero-order chi connectivity index (χ0) is 28.2. The zero-order valence-electron chi connectivity index (χ0n) is 22.9. The highest BCUT2D eigenvalue weighted by Crippen LogP contribution is 2.38. The largest absolute Gasteiger partial charge is 0.363 e. The molecular weight excluding hydrogens is 514 g/mol. The van der Waals surface area contributed by atoms with Crippen LogP contribution in [0.3, 0.4) is 0 Å². The number of hydrogen-bond acceptors (Lipinski definition) is 7. The second kappa shape index (κ2) is 11.5. The van der Waals surface area contributed by atoms with Crippen LogP contribution >= 0.6 is 0 Å². The molecule has 2 aliphatic rings. The van der Waals surface area contributed by atoms with E-state index in [9.17, 15) is 4.79 Å². The predicted molar refractivity (Wildman–Crippen MR) is 161 cm³/mol. The third-order valence-electron chi connectivity index (χ3n) is 7.22. The summed E-state index contributed by atoms with van der Waals surface area (Å²) < 4.78 is 3.74. The van der Waals surface area contributed by atoms with E-state index in [2.05, 4.69) is 45.7 Å². The van der Waals surface area contributed by atoms with Crippen molar-refractivity contribution < 1.29 is 9.37 Å². The Labute approximate surface area is 238 Å². The summed E-state index contributed by atoms with van der Waals surface area (Å²) in [6.07, 6.45) is 11.0. The molecule has 206 valence electrons. The molecule has 1 atom stereocenters. The van der Waals surface area contributed by atoms with Crippen molar-refractivity contribution in [2.75, 3.05) is 23.7 Å². The molecule has 2 aromatic carbocycles. The number of aromatic nitrogens is 4. The molecule has 4 aromatic rings. The Hall–Kier alpha value is -5.12. The van der Waals surface area contributed by atoms with Gasteiger partial charge in [-0.3, -0.25) is 9.48 Å². The van der Waals surface area contributed by atoms with Gasteiger partial charge in [0.05, 0.1) is 12.4 Å². The van der Waals surface area contributed by atoms with E-state index in [0.29, 0.717) is 36.4 Å². The van der Waals surface area contributed by atoms with Crippen molar-refractivity contribution in [1.29, 1.82) is 0 Å². The van der Waals surface area contributed by atoms with Gasteiger partial charge >= 0.3 is 11.8 Å². The van der Waals surface area contributed by atoms with Gasteiger partial charge in [-0.1, -0.05) is 59.0 Å². The van der Waals surface area contributed by atoms with E-state index in [0.717, 1.165) is 41.8 Å². The van der Waals surface area contributed by atoms with Crippen molar-refractivity contribution in [3.63, 3.8) is 0 Å². The number of aliphatic imine (C=N–C) groups is 1. The number of carbonyl (C=O) groups excluding carboxylic acids is 1. The average molecular weight is 547 g/mol. The molecule has 1 amide bonds. The van der Waals surface area contributed by atoms with Crippen LogP contribution in [0.5, 0.6) is 0 Å². The van der Waals surface area contributed by atoms with E-state index < -0.39 is 0 Å². The van der Waals surface area contributed by atoms with Gasteiger partial charge in [-0.25, -0.2) is 4.58 Å². The molecule has 41 heavy (non-hydrogen) atoms. The summed E-state index contributed by atoms with van der Waals surface area (Å²) in [5.74, 6) is 1.95. The Morgan fingerprint density at radius 1 is 1.12 bits per heavy atom. The number of aryl methyl sites for hydroxylation is 1. The van der Waals surface area contributed by atoms with Gasteiger partial charge in [-0.15, -0.1) is 0 Å². The lowest BCUT2D eigenvalue weighted by atomic mass is 9.99. The van der Waals surface area contributed by atoms with Crippen molar-refractivity contribution in [2.24, 2.45) is 18.0 Å². The van der Waals surface area contributed by atoms with E-state index in [1.807, 2.05) is 71.4 Å². The maximum atomic E-state index is 12.2. The highest BCUT2D eigenvalue weighted by molar-refractivity contribution is 5.87. The maximum Gasteiger partial charge on any atom is 0.317 e. The minimum atomic E-state index is -0.0330. The number of amides is 1. The summed E-state index contributed by atoms with van der Waals surface area (Å²) in [6.45, 7) is 5.64. The molecule has 1 unspecified atom stereocenters. The van der Waals surface area contributed by atoms with Gasteiger partial charge in [0.15, 0.2) is 5.82 Å².